The summed E-state index contributed by atoms with van der Waals surface area (Å²) in [5.74, 6) is 1.45. The van der Waals surface area contributed by atoms with Crippen molar-refractivity contribution in [2.45, 2.75) is 6.54 Å². The monoisotopic (exact) mass is 336 g/mol. The number of methoxy groups -OCH3 is 1. The molecule has 0 radical (unpaired) electrons. The van der Waals surface area contributed by atoms with Gasteiger partial charge in [0, 0.05) is 23.0 Å². The van der Waals surface area contributed by atoms with E-state index < -0.39 is 0 Å². The van der Waals surface area contributed by atoms with E-state index in [-0.39, 0.29) is 0 Å². The van der Waals surface area contributed by atoms with Crippen molar-refractivity contribution in [3.63, 3.8) is 0 Å². The number of nitrogens with one attached hydrogen (secondary N) is 1. The molecule has 0 amide bonds. The number of rotatable bonds is 5. The van der Waals surface area contributed by atoms with E-state index in [2.05, 4.69) is 39.9 Å². The van der Waals surface area contributed by atoms with Crippen LogP contribution in [0.1, 0.15) is 5.56 Å². The Bertz CT molecular complexity index is 961. The molecule has 0 saturated carbocycles. The largest absolute Gasteiger partial charge is 0.496 e. The quantitative estimate of drug-likeness (QED) is 0.546. The van der Waals surface area contributed by atoms with Crippen LogP contribution in [-0.2, 0) is 6.54 Å². The fourth-order valence-corrected chi connectivity index (χ4v) is 3.68. The molecule has 0 bridgehead atoms. The highest BCUT2D eigenvalue weighted by Gasteiger charge is 2.10. The lowest BCUT2D eigenvalue weighted by molar-refractivity contribution is 0.415. The Morgan fingerprint density at radius 3 is 2.96 bits per heavy atom. The minimum absolute atomic E-state index is 0.697. The van der Waals surface area contributed by atoms with Crippen molar-refractivity contribution in [2.75, 3.05) is 12.4 Å². The maximum Gasteiger partial charge on any atom is 0.181 e. The summed E-state index contributed by atoms with van der Waals surface area (Å²) in [7, 11) is 1.66. The van der Waals surface area contributed by atoms with Crippen molar-refractivity contribution in [3.8, 4) is 17.1 Å². The van der Waals surface area contributed by atoms with Crippen LogP contribution >= 0.6 is 11.3 Å². The third-order valence-electron chi connectivity index (χ3n) is 3.94. The molecule has 0 aliphatic carbocycles. The van der Waals surface area contributed by atoms with Gasteiger partial charge in [-0.1, -0.05) is 18.2 Å². The average molecular weight is 336 g/mol. The molecular weight excluding hydrogens is 320 g/mol. The summed E-state index contributed by atoms with van der Waals surface area (Å²) in [4.78, 5) is 3.96. The van der Waals surface area contributed by atoms with Crippen LogP contribution < -0.4 is 10.1 Å². The summed E-state index contributed by atoms with van der Waals surface area (Å²) in [6.45, 7) is 0.773. The van der Waals surface area contributed by atoms with E-state index in [0.29, 0.717) is 5.76 Å². The fraction of sp³-hybridized carbons (Fsp3) is 0.105. The normalized spacial score (nSPS) is 10.9. The van der Waals surface area contributed by atoms with Gasteiger partial charge in [0.1, 0.15) is 5.75 Å². The number of anilines is 1. The molecule has 2 aromatic carbocycles. The summed E-state index contributed by atoms with van der Waals surface area (Å²) < 4.78 is 12.2. The van der Waals surface area contributed by atoms with Crippen LogP contribution in [0.15, 0.2) is 64.9 Å². The average Bonchev–Trinajstić information content (AvgIpc) is 3.29. The number of fused-ring (bicyclic) bond motifs is 1. The van der Waals surface area contributed by atoms with Crippen LogP contribution in [0.5, 0.6) is 5.75 Å². The minimum atomic E-state index is 0.697. The number of benzene rings is 2. The van der Waals surface area contributed by atoms with Gasteiger partial charge >= 0.3 is 0 Å². The first kappa shape index (κ1) is 14.8. The van der Waals surface area contributed by atoms with E-state index >= 15 is 0 Å². The predicted octanol–water partition coefficient (Wildman–Crippen LogP) is 5.18. The van der Waals surface area contributed by atoms with E-state index in [0.717, 1.165) is 23.5 Å². The Labute approximate surface area is 143 Å². The molecular formula is C19H16N2O2S. The highest BCUT2D eigenvalue weighted by atomic mass is 32.1. The number of aromatic nitrogens is 1. The highest BCUT2D eigenvalue weighted by Crippen LogP contribution is 2.33. The first-order valence-corrected chi connectivity index (χ1v) is 8.49. The van der Waals surface area contributed by atoms with Gasteiger partial charge in [-0.25, -0.2) is 4.98 Å². The molecule has 1 N–H and O–H groups in total. The zero-order valence-corrected chi connectivity index (χ0v) is 14.0. The Balaban J connectivity index is 1.57. The molecule has 24 heavy (non-hydrogen) atoms. The van der Waals surface area contributed by atoms with E-state index in [1.807, 2.05) is 18.2 Å². The minimum Gasteiger partial charge on any atom is -0.496 e. The molecule has 0 aliphatic rings. The summed E-state index contributed by atoms with van der Waals surface area (Å²) in [5.41, 5.74) is 3.20. The first-order valence-electron chi connectivity index (χ1n) is 7.61. The number of oxazole rings is 1. The van der Waals surface area contributed by atoms with Crippen molar-refractivity contribution in [2.24, 2.45) is 0 Å². The molecule has 0 aliphatic heterocycles. The zero-order chi connectivity index (χ0) is 16.4. The fourth-order valence-electron chi connectivity index (χ4n) is 2.72. The smallest absolute Gasteiger partial charge is 0.181 e. The lowest BCUT2D eigenvalue weighted by Gasteiger charge is -2.11. The summed E-state index contributed by atoms with van der Waals surface area (Å²) in [5, 5.41) is 6.98. The van der Waals surface area contributed by atoms with E-state index in [4.69, 9.17) is 9.15 Å². The molecule has 0 atom stereocenters. The lowest BCUT2D eigenvalue weighted by atomic mass is 10.1. The van der Waals surface area contributed by atoms with Crippen LogP contribution in [-0.4, -0.2) is 12.1 Å². The number of hydrogen-bond acceptors (Lipinski definition) is 5. The van der Waals surface area contributed by atoms with Gasteiger partial charge < -0.3 is 14.5 Å². The molecule has 4 rings (SSSR count). The predicted molar refractivity (Wildman–Crippen MR) is 97.6 cm³/mol. The molecule has 2 aromatic heterocycles. The Hall–Kier alpha value is -2.79. The number of hydrogen-bond donors (Lipinski definition) is 1. The van der Waals surface area contributed by atoms with Gasteiger partial charge in [0.15, 0.2) is 12.2 Å². The highest BCUT2D eigenvalue weighted by molar-refractivity contribution is 7.17. The summed E-state index contributed by atoms with van der Waals surface area (Å²) in [6, 6.07) is 14.4. The van der Waals surface area contributed by atoms with E-state index in [1.165, 1.54) is 22.0 Å². The maximum absolute atomic E-state index is 5.49. The maximum atomic E-state index is 5.49. The van der Waals surface area contributed by atoms with Gasteiger partial charge in [-0.3, -0.25) is 0 Å². The molecule has 120 valence electrons. The van der Waals surface area contributed by atoms with Gasteiger partial charge in [-0.05, 0) is 34.5 Å². The van der Waals surface area contributed by atoms with Gasteiger partial charge in [-0.2, -0.15) is 0 Å². The molecule has 4 nitrogen and oxygen atoms in total. The zero-order valence-electron chi connectivity index (χ0n) is 13.2. The van der Waals surface area contributed by atoms with E-state index in [1.54, 1.807) is 24.6 Å². The molecule has 0 unspecified atom stereocenters. The number of ether oxygens (including phenoxy) is 1. The number of nitrogens with zero attached hydrogens (tertiary/aromatic N) is 1. The second-order valence-electron chi connectivity index (χ2n) is 5.39. The topological polar surface area (TPSA) is 47.3 Å². The molecule has 5 heteroatoms. The molecule has 0 saturated heterocycles. The first-order chi connectivity index (χ1) is 11.8. The second kappa shape index (κ2) is 6.37. The second-order valence-corrected chi connectivity index (χ2v) is 6.30. The lowest BCUT2D eigenvalue weighted by Crippen LogP contribution is -1.99. The van der Waals surface area contributed by atoms with Crippen molar-refractivity contribution < 1.29 is 9.15 Å². The summed E-state index contributed by atoms with van der Waals surface area (Å²) >= 11 is 1.77. The van der Waals surface area contributed by atoms with Gasteiger partial charge in [0.2, 0.25) is 0 Å². The number of thiophene rings is 1. The molecule has 2 heterocycles. The summed E-state index contributed by atoms with van der Waals surface area (Å²) in [6.07, 6.45) is 3.10. The van der Waals surface area contributed by atoms with E-state index in [9.17, 15) is 0 Å². The van der Waals surface area contributed by atoms with Gasteiger partial charge in [0.05, 0.1) is 18.9 Å². The van der Waals surface area contributed by atoms with Crippen molar-refractivity contribution >= 4 is 27.1 Å². The SMILES string of the molecule is COc1cc(NCc2csc3ccccc23)ccc1-c1cnco1. The van der Waals surface area contributed by atoms with Crippen molar-refractivity contribution in [3.05, 3.63) is 66.0 Å². The van der Waals surface area contributed by atoms with Gasteiger partial charge in [0.25, 0.3) is 0 Å². The van der Waals surface area contributed by atoms with Crippen LogP contribution in [0.25, 0.3) is 21.4 Å². The van der Waals surface area contributed by atoms with Crippen LogP contribution in [0, 0.1) is 0 Å². The van der Waals surface area contributed by atoms with Crippen molar-refractivity contribution in [1.82, 2.24) is 4.98 Å². The van der Waals surface area contributed by atoms with Crippen molar-refractivity contribution in [1.29, 1.82) is 0 Å². The Kier molecular flexibility index (Phi) is 3.92. The molecule has 4 aromatic rings. The van der Waals surface area contributed by atoms with Crippen LogP contribution in [0.4, 0.5) is 5.69 Å². The third-order valence-corrected chi connectivity index (χ3v) is 4.96. The third kappa shape index (κ3) is 2.74. The molecule has 0 spiro atoms. The van der Waals surface area contributed by atoms with Gasteiger partial charge in [-0.15, -0.1) is 11.3 Å². The Morgan fingerprint density at radius 1 is 1.21 bits per heavy atom. The molecule has 0 fully saturated rings. The van der Waals surface area contributed by atoms with Crippen LogP contribution in [0.3, 0.4) is 0 Å². The Morgan fingerprint density at radius 2 is 2.12 bits per heavy atom. The van der Waals surface area contributed by atoms with Crippen LogP contribution in [0.2, 0.25) is 0 Å². The standard InChI is InChI=1S/C19H16N2O2S/c1-22-17-8-14(6-7-16(17)18-10-20-12-23-18)21-9-13-11-24-19-5-3-2-4-15(13)19/h2-8,10-12,21H,9H2,1H3.